The number of ether oxygens (including phenoxy) is 2. The van der Waals surface area contributed by atoms with Gasteiger partial charge in [0.2, 0.25) is 0 Å². The average molecular weight is 358 g/mol. The smallest absolute Gasteiger partial charge is 0.341 e. The number of carbonyl (C=O) groups is 1. The van der Waals surface area contributed by atoms with Gasteiger partial charge in [-0.25, -0.2) is 4.79 Å². The Morgan fingerprint density at radius 2 is 1.92 bits per heavy atom. The summed E-state index contributed by atoms with van der Waals surface area (Å²) in [6.07, 6.45) is 1.83. The van der Waals surface area contributed by atoms with Crippen LogP contribution in [0, 0.1) is 5.92 Å². The molecule has 7 nitrogen and oxygen atoms in total. The molecule has 0 radical (unpaired) electrons. The van der Waals surface area contributed by atoms with Crippen molar-refractivity contribution >= 4 is 5.97 Å². The lowest BCUT2D eigenvalue weighted by atomic mass is 9.92. The molecule has 138 valence electrons. The Morgan fingerprint density at radius 3 is 2.50 bits per heavy atom. The van der Waals surface area contributed by atoms with Gasteiger partial charge in [-0.2, -0.15) is 0 Å². The van der Waals surface area contributed by atoms with Gasteiger partial charge in [0.05, 0.1) is 26.5 Å². The Morgan fingerprint density at radius 1 is 1.27 bits per heavy atom. The summed E-state index contributed by atoms with van der Waals surface area (Å²) in [7, 11) is 3.13. The Hall–Kier alpha value is -2.96. The molecule has 1 aromatic heterocycles. The third-order valence-electron chi connectivity index (χ3n) is 4.45. The highest BCUT2D eigenvalue weighted by molar-refractivity contribution is 5.88. The van der Waals surface area contributed by atoms with Gasteiger partial charge < -0.3 is 20.0 Å². The lowest BCUT2D eigenvalue weighted by Gasteiger charge is -2.28. The van der Waals surface area contributed by atoms with Crippen LogP contribution < -0.4 is 20.3 Å². The van der Waals surface area contributed by atoms with Crippen molar-refractivity contribution in [3.8, 4) is 22.8 Å². The number of aromatic carboxylic acids is 1. The van der Waals surface area contributed by atoms with Crippen LogP contribution >= 0.6 is 0 Å². The maximum absolute atomic E-state index is 12.8. The number of benzene rings is 1. The zero-order valence-corrected chi connectivity index (χ0v) is 15.3. The molecule has 1 aliphatic rings. The van der Waals surface area contributed by atoms with Crippen LogP contribution in [0.4, 0.5) is 0 Å². The van der Waals surface area contributed by atoms with E-state index in [1.54, 1.807) is 18.9 Å². The molecule has 0 atom stereocenters. The van der Waals surface area contributed by atoms with E-state index in [1.807, 2.05) is 26.0 Å². The maximum Gasteiger partial charge on any atom is 0.341 e. The normalized spacial score (nSPS) is 12.2. The third-order valence-corrected chi connectivity index (χ3v) is 4.45. The first-order valence-corrected chi connectivity index (χ1v) is 8.38. The maximum atomic E-state index is 12.8. The molecule has 0 saturated carbocycles. The predicted octanol–water partition coefficient (Wildman–Crippen LogP) is 2.49. The van der Waals surface area contributed by atoms with Gasteiger partial charge in [-0.1, -0.05) is 13.8 Å². The van der Waals surface area contributed by atoms with Crippen molar-refractivity contribution in [3.05, 3.63) is 45.2 Å². The van der Waals surface area contributed by atoms with E-state index in [-0.39, 0.29) is 11.5 Å². The second-order valence-electron chi connectivity index (χ2n) is 6.67. The number of hydrogen-bond acceptors (Lipinski definition) is 5. The number of fused-ring (bicyclic) bond motifs is 3. The fourth-order valence-electron chi connectivity index (χ4n) is 3.29. The van der Waals surface area contributed by atoms with E-state index in [4.69, 9.17) is 9.47 Å². The van der Waals surface area contributed by atoms with Crippen molar-refractivity contribution in [3.63, 3.8) is 0 Å². The van der Waals surface area contributed by atoms with E-state index in [0.29, 0.717) is 35.7 Å². The quantitative estimate of drug-likeness (QED) is 0.853. The van der Waals surface area contributed by atoms with Gasteiger partial charge in [-0.05, 0) is 30.0 Å². The van der Waals surface area contributed by atoms with Gasteiger partial charge in [-0.3, -0.25) is 9.47 Å². The number of rotatable bonds is 5. The Bertz CT molecular complexity index is 931. The molecule has 1 aromatic carbocycles. The van der Waals surface area contributed by atoms with Gasteiger partial charge in [0, 0.05) is 17.3 Å². The molecule has 0 saturated heterocycles. The van der Waals surface area contributed by atoms with Gasteiger partial charge in [0.1, 0.15) is 5.56 Å². The van der Waals surface area contributed by atoms with E-state index >= 15 is 0 Å². The average Bonchev–Trinajstić information content (AvgIpc) is 2.61. The van der Waals surface area contributed by atoms with Crippen LogP contribution in [0.25, 0.3) is 11.3 Å². The summed E-state index contributed by atoms with van der Waals surface area (Å²) in [5.41, 5.74) is 5.44. The number of carboxylic acid groups (broad SMARTS) is 1. The van der Waals surface area contributed by atoms with E-state index in [2.05, 4.69) is 5.43 Å². The first kappa shape index (κ1) is 17.8. The first-order valence-electron chi connectivity index (χ1n) is 8.38. The zero-order valence-electron chi connectivity index (χ0n) is 15.3. The zero-order chi connectivity index (χ0) is 19.0. The molecule has 1 aliphatic heterocycles. The van der Waals surface area contributed by atoms with E-state index in [1.165, 1.54) is 6.20 Å². The topological polar surface area (TPSA) is 89.8 Å². The lowest BCUT2D eigenvalue weighted by molar-refractivity contribution is 0.0694. The predicted molar refractivity (Wildman–Crippen MR) is 97.8 cm³/mol. The molecule has 0 amide bonds. The van der Waals surface area contributed by atoms with Crippen molar-refractivity contribution in [2.45, 2.75) is 26.8 Å². The Labute approximate surface area is 151 Å². The van der Waals surface area contributed by atoms with Crippen LogP contribution in [0.3, 0.4) is 0 Å². The minimum absolute atomic E-state index is 0.196. The number of pyridine rings is 1. The van der Waals surface area contributed by atoms with Crippen molar-refractivity contribution in [2.24, 2.45) is 5.92 Å². The number of carboxylic acids is 1. The number of nitrogens with zero attached hydrogens (tertiary/aromatic N) is 1. The van der Waals surface area contributed by atoms with E-state index in [9.17, 15) is 14.7 Å². The van der Waals surface area contributed by atoms with Crippen LogP contribution in [0.1, 0.15) is 35.3 Å². The van der Waals surface area contributed by atoms with Crippen LogP contribution in [-0.2, 0) is 13.0 Å². The Balaban J connectivity index is 2.34. The fourth-order valence-corrected chi connectivity index (χ4v) is 3.29. The molecule has 2 N–H and O–H groups in total. The molecule has 2 aromatic rings. The highest BCUT2D eigenvalue weighted by Crippen LogP contribution is 2.38. The van der Waals surface area contributed by atoms with Gasteiger partial charge in [0.25, 0.3) is 0 Å². The molecule has 26 heavy (non-hydrogen) atoms. The SMILES string of the molecule is COc1cc2c(cc1OC)-c1c(CC(C)C)c(=O)c(C(=O)O)cn1NC2. The molecule has 3 rings (SSSR count). The monoisotopic (exact) mass is 358 g/mol. The van der Waals surface area contributed by atoms with Crippen LogP contribution in [-0.4, -0.2) is 30.0 Å². The fraction of sp³-hybridized carbons (Fsp3) is 0.368. The Kier molecular flexibility index (Phi) is 4.63. The summed E-state index contributed by atoms with van der Waals surface area (Å²) in [5, 5.41) is 9.39. The lowest BCUT2D eigenvalue weighted by Crippen LogP contribution is -2.31. The largest absolute Gasteiger partial charge is 0.493 e. The summed E-state index contributed by atoms with van der Waals surface area (Å²) >= 11 is 0. The van der Waals surface area contributed by atoms with Crippen LogP contribution in [0.5, 0.6) is 11.5 Å². The van der Waals surface area contributed by atoms with E-state index < -0.39 is 11.4 Å². The highest BCUT2D eigenvalue weighted by Gasteiger charge is 2.26. The van der Waals surface area contributed by atoms with Gasteiger partial charge >= 0.3 is 5.97 Å². The second kappa shape index (κ2) is 6.74. The van der Waals surface area contributed by atoms with Crippen molar-refractivity contribution < 1.29 is 19.4 Å². The summed E-state index contributed by atoms with van der Waals surface area (Å²) in [6, 6.07) is 3.71. The first-order chi connectivity index (χ1) is 12.4. The highest BCUT2D eigenvalue weighted by atomic mass is 16.5. The number of hydrogen-bond donors (Lipinski definition) is 2. The van der Waals surface area contributed by atoms with Crippen molar-refractivity contribution in [1.82, 2.24) is 4.68 Å². The molecule has 7 heteroatoms. The number of aromatic nitrogens is 1. The van der Waals surface area contributed by atoms with Gasteiger partial charge in [-0.15, -0.1) is 0 Å². The van der Waals surface area contributed by atoms with Crippen LogP contribution in [0.15, 0.2) is 23.1 Å². The summed E-state index contributed by atoms with van der Waals surface area (Å²) in [6.45, 7) is 4.47. The number of nitrogens with one attached hydrogen (secondary N) is 1. The second-order valence-corrected chi connectivity index (χ2v) is 6.67. The minimum atomic E-state index is -1.23. The van der Waals surface area contributed by atoms with Crippen molar-refractivity contribution in [1.29, 1.82) is 0 Å². The number of methoxy groups -OCH3 is 2. The van der Waals surface area contributed by atoms with Crippen molar-refractivity contribution in [2.75, 3.05) is 19.6 Å². The summed E-state index contributed by atoms with van der Waals surface area (Å²) < 4.78 is 12.4. The minimum Gasteiger partial charge on any atom is -0.493 e. The van der Waals surface area contributed by atoms with E-state index in [0.717, 1.165) is 11.1 Å². The van der Waals surface area contributed by atoms with Gasteiger partial charge in [0.15, 0.2) is 16.9 Å². The molecule has 0 aliphatic carbocycles. The molecular weight excluding hydrogens is 336 g/mol. The molecule has 0 spiro atoms. The third kappa shape index (κ3) is 2.89. The molecule has 0 fully saturated rings. The van der Waals surface area contributed by atoms with Crippen LogP contribution in [0.2, 0.25) is 0 Å². The summed E-state index contributed by atoms with van der Waals surface area (Å²) in [4.78, 5) is 24.3. The molecular formula is C19H22N2O5. The molecule has 2 heterocycles. The summed E-state index contributed by atoms with van der Waals surface area (Å²) in [5.74, 6) is 0.138. The standard InChI is InChI=1S/C19H22N2O5/c1-10(2)5-13-17-12-7-16(26-4)15(25-3)6-11(12)8-20-21(17)9-14(18(13)22)19(23)24/h6-7,9-10,20H,5,8H2,1-4H3,(H,23,24). The molecule has 0 bridgehead atoms. The molecule has 0 unspecified atom stereocenters.